The number of hydrogen-bond acceptors (Lipinski definition) is 6. The van der Waals surface area contributed by atoms with Crippen molar-refractivity contribution in [3.8, 4) is 5.75 Å². The van der Waals surface area contributed by atoms with Crippen molar-refractivity contribution in [1.82, 2.24) is 15.5 Å². The number of nitrogens with zero attached hydrogens (tertiary/aromatic N) is 1. The SMILES string of the molecule is COc1ccc2cc([C@H](C)C(=O)N[C@H](C(=O)N3CCC[C@H]3C(=O)N[C@H](C=O)CC(=O)O)C(C)C)ccc2c1. The minimum Gasteiger partial charge on any atom is -0.497 e. The van der Waals surface area contributed by atoms with E-state index < -0.39 is 42.3 Å². The number of methoxy groups -OCH3 is 1. The van der Waals surface area contributed by atoms with Crippen molar-refractivity contribution in [3.63, 3.8) is 0 Å². The van der Waals surface area contributed by atoms with Gasteiger partial charge in [-0.15, -0.1) is 0 Å². The van der Waals surface area contributed by atoms with Crippen LogP contribution in [0.5, 0.6) is 5.75 Å². The first-order valence-corrected chi connectivity index (χ1v) is 12.7. The highest BCUT2D eigenvalue weighted by Crippen LogP contribution is 2.26. The molecule has 0 radical (unpaired) electrons. The molecule has 4 atom stereocenters. The second-order valence-corrected chi connectivity index (χ2v) is 9.96. The van der Waals surface area contributed by atoms with Gasteiger partial charge in [0.2, 0.25) is 17.7 Å². The summed E-state index contributed by atoms with van der Waals surface area (Å²) in [6.07, 6.45) is 0.786. The Morgan fingerprint density at radius 2 is 1.76 bits per heavy atom. The molecule has 3 rings (SSSR count). The van der Waals surface area contributed by atoms with E-state index in [2.05, 4.69) is 10.6 Å². The van der Waals surface area contributed by atoms with Crippen molar-refractivity contribution in [3.05, 3.63) is 42.0 Å². The number of carboxylic acids is 1. The van der Waals surface area contributed by atoms with E-state index in [1.165, 1.54) is 4.90 Å². The molecule has 1 heterocycles. The number of aldehydes is 1. The second kappa shape index (κ2) is 12.5. The lowest BCUT2D eigenvalue weighted by atomic mass is 9.95. The summed E-state index contributed by atoms with van der Waals surface area (Å²) in [4.78, 5) is 63.1. The van der Waals surface area contributed by atoms with E-state index in [9.17, 15) is 24.0 Å². The fourth-order valence-electron chi connectivity index (χ4n) is 4.66. The van der Waals surface area contributed by atoms with Gasteiger partial charge in [0.25, 0.3) is 0 Å². The number of carboxylic acid groups (broad SMARTS) is 1. The third kappa shape index (κ3) is 6.67. The smallest absolute Gasteiger partial charge is 0.305 e. The van der Waals surface area contributed by atoms with Crippen LogP contribution in [-0.2, 0) is 24.0 Å². The summed E-state index contributed by atoms with van der Waals surface area (Å²) in [5.41, 5.74) is 0.798. The average Bonchev–Trinajstić information content (AvgIpc) is 3.39. The maximum absolute atomic E-state index is 13.5. The van der Waals surface area contributed by atoms with Crippen molar-refractivity contribution >= 4 is 40.7 Å². The summed E-state index contributed by atoms with van der Waals surface area (Å²) >= 11 is 0. The van der Waals surface area contributed by atoms with Gasteiger partial charge in [-0.05, 0) is 54.2 Å². The molecular weight excluding hydrogens is 490 g/mol. The van der Waals surface area contributed by atoms with Crippen molar-refractivity contribution in [2.75, 3.05) is 13.7 Å². The largest absolute Gasteiger partial charge is 0.497 e. The van der Waals surface area contributed by atoms with Crippen LogP contribution >= 0.6 is 0 Å². The van der Waals surface area contributed by atoms with Crippen LogP contribution in [0.15, 0.2) is 36.4 Å². The zero-order chi connectivity index (χ0) is 28.0. The Morgan fingerprint density at radius 1 is 1.08 bits per heavy atom. The van der Waals surface area contributed by atoms with E-state index >= 15 is 0 Å². The molecule has 3 N–H and O–H groups in total. The Morgan fingerprint density at radius 3 is 2.39 bits per heavy atom. The topological polar surface area (TPSA) is 142 Å². The molecule has 2 aromatic carbocycles. The molecule has 0 aromatic heterocycles. The van der Waals surface area contributed by atoms with Gasteiger partial charge in [-0.2, -0.15) is 0 Å². The number of amides is 3. The monoisotopic (exact) mass is 525 g/mol. The first kappa shape index (κ1) is 28.6. The lowest BCUT2D eigenvalue weighted by Crippen LogP contribution is -2.56. The number of fused-ring (bicyclic) bond motifs is 1. The number of ether oxygens (including phenoxy) is 1. The third-order valence-corrected chi connectivity index (χ3v) is 6.92. The number of nitrogens with one attached hydrogen (secondary N) is 2. The van der Waals surface area contributed by atoms with Crippen LogP contribution in [0, 0.1) is 5.92 Å². The summed E-state index contributed by atoms with van der Waals surface area (Å²) in [5.74, 6) is -2.53. The predicted molar refractivity (Wildman–Crippen MR) is 141 cm³/mol. The lowest BCUT2D eigenvalue weighted by Gasteiger charge is -2.31. The molecular formula is C28H35N3O7. The van der Waals surface area contributed by atoms with Crippen LogP contribution in [0.25, 0.3) is 10.8 Å². The van der Waals surface area contributed by atoms with Gasteiger partial charge in [0.05, 0.1) is 25.5 Å². The molecule has 204 valence electrons. The highest BCUT2D eigenvalue weighted by molar-refractivity contribution is 5.95. The first-order chi connectivity index (χ1) is 18.0. The molecule has 10 nitrogen and oxygen atoms in total. The summed E-state index contributed by atoms with van der Waals surface area (Å²) < 4.78 is 5.27. The number of carbonyl (C=O) groups excluding carboxylic acids is 4. The number of benzene rings is 2. The van der Waals surface area contributed by atoms with Crippen LogP contribution in [-0.4, -0.2) is 71.8 Å². The van der Waals surface area contributed by atoms with E-state index in [1.54, 1.807) is 14.0 Å². The number of likely N-dealkylation sites (tertiary alicyclic amines) is 1. The molecule has 1 aliphatic rings. The lowest BCUT2D eigenvalue weighted by molar-refractivity contribution is -0.143. The molecule has 1 saturated heterocycles. The minimum absolute atomic E-state index is 0.248. The molecule has 0 bridgehead atoms. The van der Waals surface area contributed by atoms with E-state index in [0.717, 1.165) is 22.1 Å². The Hall–Kier alpha value is -3.95. The Labute approximate surface area is 221 Å². The molecule has 0 spiro atoms. The maximum atomic E-state index is 13.5. The maximum Gasteiger partial charge on any atom is 0.305 e. The van der Waals surface area contributed by atoms with Gasteiger partial charge < -0.3 is 30.2 Å². The number of carbonyl (C=O) groups is 5. The molecule has 1 fully saturated rings. The summed E-state index contributed by atoms with van der Waals surface area (Å²) in [6, 6.07) is 8.55. The van der Waals surface area contributed by atoms with Crippen molar-refractivity contribution in [2.45, 2.75) is 64.1 Å². The second-order valence-electron chi connectivity index (χ2n) is 9.96. The highest BCUT2D eigenvalue weighted by Gasteiger charge is 2.39. The quantitative estimate of drug-likeness (QED) is 0.382. The minimum atomic E-state index is -1.22. The highest BCUT2D eigenvalue weighted by atomic mass is 16.5. The van der Waals surface area contributed by atoms with Crippen LogP contribution < -0.4 is 15.4 Å². The fraction of sp³-hybridized carbons (Fsp3) is 0.464. The number of aliphatic carboxylic acids is 1. The average molecular weight is 526 g/mol. The van der Waals surface area contributed by atoms with E-state index in [-0.39, 0.29) is 17.7 Å². The fourth-order valence-corrected chi connectivity index (χ4v) is 4.66. The summed E-state index contributed by atoms with van der Waals surface area (Å²) in [7, 11) is 1.60. The van der Waals surface area contributed by atoms with Crippen LogP contribution in [0.4, 0.5) is 0 Å². The van der Waals surface area contributed by atoms with Crippen LogP contribution in [0.2, 0.25) is 0 Å². The van der Waals surface area contributed by atoms with Gasteiger partial charge in [0.15, 0.2) is 0 Å². The molecule has 2 aromatic rings. The molecule has 0 unspecified atom stereocenters. The standard InChI is InChI=1S/C28H35N3O7/c1-16(2)25(28(37)31-11-5-6-23(31)27(36)29-21(15-32)14-24(33)34)30-26(35)17(3)18-7-8-20-13-22(38-4)10-9-19(20)12-18/h7-10,12-13,15-17,21,23,25H,5-6,11,14H2,1-4H3,(H,29,36)(H,30,35)(H,33,34)/t17-,21-,23-,25-/m0/s1. The Balaban J connectivity index is 1.72. The van der Waals surface area contributed by atoms with Crippen LogP contribution in [0.3, 0.4) is 0 Å². The van der Waals surface area contributed by atoms with Crippen molar-refractivity contribution in [2.24, 2.45) is 5.92 Å². The Bertz CT molecular complexity index is 1210. The third-order valence-electron chi connectivity index (χ3n) is 6.92. The number of rotatable bonds is 11. The van der Waals surface area contributed by atoms with E-state index in [1.807, 2.05) is 50.2 Å². The molecule has 0 aliphatic carbocycles. The van der Waals surface area contributed by atoms with Gasteiger partial charge in [-0.3, -0.25) is 19.2 Å². The molecule has 10 heteroatoms. The zero-order valence-corrected chi connectivity index (χ0v) is 22.1. The Kier molecular flexibility index (Phi) is 9.44. The van der Waals surface area contributed by atoms with Gasteiger partial charge in [-0.1, -0.05) is 38.1 Å². The summed E-state index contributed by atoms with van der Waals surface area (Å²) in [5, 5.41) is 16.2. The molecule has 3 amide bonds. The normalized spacial score (nSPS) is 17.5. The van der Waals surface area contributed by atoms with E-state index in [4.69, 9.17) is 9.84 Å². The van der Waals surface area contributed by atoms with Gasteiger partial charge in [-0.25, -0.2) is 0 Å². The van der Waals surface area contributed by atoms with Crippen molar-refractivity contribution < 1.29 is 33.8 Å². The molecule has 38 heavy (non-hydrogen) atoms. The van der Waals surface area contributed by atoms with Crippen LogP contribution in [0.1, 0.15) is 51.5 Å². The number of hydrogen-bond donors (Lipinski definition) is 3. The van der Waals surface area contributed by atoms with Crippen molar-refractivity contribution in [1.29, 1.82) is 0 Å². The predicted octanol–water partition coefficient (Wildman–Crippen LogP) is 2.24. The zero-order valence-electron chi connectivity index (χ0n) is 22.1. The molecule has 0 saturated carbocycles. The molecule has 1 aliphatic heterocycles. The van der Waals surface area contributed by atoms with E-state index in [0.29, 0.717) is 25.7 Å². The van der Waals surface area contributed by atoms with Gasteiger partial charge >= 0.3 is 5.97 Å². The summed E-state index contributed by atoms with van der Waals surface area (Å²) in [6.45, 7) is 5.73. The van der Waals surface area contributed by atoms with Gasteiger partial charge in [0.1, 0.15) is 24.1 Å². The first-order valence-electron chi connectivity index (χ1n) is 12.7. The van der Waals surface area contributed by atoms with Gasteiger partial charge in [0, 0.05) is 6.54 Å².